The van der Waals surface area contributed by atoms with Gasteiger partial charge >= 0.3 is 0 Å². The van der Waals surface area contributed by atoms with E-state index in [0.717, 1.165) is 12.3 Å². The summed E-state index contributed by atoms with van der Waals surface area (Å²) in [5.41, 5.74) is 1.34. The molecule has 2 heteroatoms. The van der Waals surface area contributed by atoms with Gasteiger partial charge in [0.1, 0.15) is 5.75 Å². The zero-order chi connectivity index (χ0) is 10.7. The zero-order valence-electron chi connectivity index (χ0n) is 9.24. The van der Waals surface area contributed by atoms with Crippen molar-refractivity contribution in [1.29, 1.82) is 0 Å². The number of hydrogen-bond donors (Lipinski definition) is 2. The van der Waals surface area contributed by atoms with Crippen molar-refractivity contribution < 1.29 is 5.11 Å². The molecule has 0 spiro atoms. The Hall–Kier alpha value is -1.02. The fourth-order valence-corrected chi connectivity index (χ4v) is 2.49. The molecule has 1 aromatic rings. The summed E-state index contributed by atoms with van der Waals surface area (Å²) < 4.78 is 0. The first-order valence-corrected chi connectivity index (χ1v) is 5.73. The van der Waals surface area contributed by atoms with E-state index in [2.05, 4.69) is 5.32 Å². The maximum Gasteiger partial charge on any atom is 0.115 e. The summed E-state index contributed by atoms with van der Waals surface area (Å²) in [5.74, 6) is 1.17. The summed E-state index contributed by atoms with van der Waals surface area (Å²) in [6.45, 7) is 0. The average Bonchev–Trinajstić information content (AvgIpc) is 2.69. The molecule has 2 atom stereocenters. The Balaban J connectivity index is 1.90. The van der Waals surface area contributed by atoms with Gasteiger partial charge in [-0.3, -0.25) is 0 Å². The second kappa shape index (κ2) is 4.67. The molecule has 0 aromatic heterocycles. The Labute approximate surface area is 91.3 Å². The molecule has 1 aliphatic carbocycles. The van der Waals surface area contributed by atoms with Crippen LogP contribution in [-0.4, -0.2) is 18.2 Å². The molecule has 1 aliphatic rings. The number of nitrogens with one attached hydrogen (secondary N) is 1. The summed E-state index contributed by atoms with van der Waals surface area (Å²) >= 11 is 0. The zero-order valence-corrected chi connectivity index (χ0v) is 9.24. The van der Waals surface area contributed by atoms with Crippen molar-refractivity contribution in [3.63, 3.8) is 0 Å². The van der Waals surface area contributed by atoms with Gasteiger partial charge in [0.15, 0.2) is 0 Å². The molecule has 0 saturated heterocycles. The molecule has 2 rings (SSSR count). The Kier molecular flexibility index (Phi) is 3.27. The highest BCUT2D eigenvalue weighted by Crippen LogP contribution is 2.28. The van der Waals surface area contributed by atoms with Crippen LogP contribution in [0.4, 0.5) is 0 Å². The molecule has 2 nitrogen and oxygen atoms in total. The fourth-order valence-electron chi connectivity index (χ4n) is 2.49. The van der Waals surface area contributed by atoms with Crippen molar-refractivity contribution >= 4 is 0 Å². The average molecular weight is 205 g/mol. The molecule has 82 valence electrons. The summed E-state index contributed by atoms with van der Waals surface area (Å²) in [6.07, 6.45) is 5.07. The number of phenolic OH excluding ortho intramolecular Hbond substituents is 1. The van der Waals surface area contributed by atoms with E-state index in [-0.39, 0.29) is 0 Å². The molecule has 0 heterocycles. The van der Waals surface area contributed by atoms with Crippen LogP contribution in [0.1, 0.15) is 24.8 Å². The first-order valence-electron chi connectivity index (χ1n) is 5.73. The maximum atomic E-state index is 9.19. The van der Waals surface area contributed by atoms with Gasteiger partial charge in [0, 0.05) is 6.04 Å². The van der Waals surface area contributed by atoms with E-state index in [1.54, 1.807) is 12.1 Å². The predicted molar refractivity (Wildman–Crippen MR) is 62.0 cm³/mol. The van der Waals surface area contributed by atoms with E-state index in [0.29, 0.717) is 11.8 Å². The highest BCUT2D eigenvalue weighted by atomic mass is 16.3. The molecular formula is C13H19NO. The minimum atomic E-state index is 0.360. The van der Waals surface area contributed by atoms with Crippen LogP contribution in [0.3, 0.4) is 0 Å². The van der Waals surface area contributed by atoms with Crippen LogP contribution in [0.15, 0.2) is 24.3 Å². The van der Waals surface area contributed by atoms with Gasteiger partial charge in [-0.15, -0.1) is 0 Å². The molecule has 2 unspecified atom stereocenters. The van der Waals surface area contributed by atoms with Crippen LogP contribution < -0.4 is 5.32 Å². The van der Waals surface area contributed by atoms with E-state index in [9.17, 15) is 5.11 Å². The number of rotatable bonds is 3. The quantitative estimate of drug-likeness (QED) is 0.793. The lowest BCUT2D eigenvalue weighted by atomic mass is 9.98. The molecule has 0 amide bonds. The smallest absolute Gasteiger partial charge is 0.115 e. The first kappa shape index (κ1) is 10.5. The summed E-state index contributed by atoms with van der Waals surface area (Å²) in [7, 11) is 2.05. The molecule has 15 heavy (non-hydrogen) atoms. The Bertz CT molecular complexity index is 307. The summed E-state index contributed by atoms with van der Waals surface area (Å²) in [6, 6.07) is 8.33. The highest BCUT2D eigenvalue weighted by molar-refractivity contribution is 5.26. The molecule has 0 aliphatic heterocycles. The molecule has 1 aromatic carbocycles. The summed E-state index contributed by atoms with van der Waals surface area (Å²) in [4.78, 5) is 0. The van der Waals surface area contributed by atoms with E-state index in [1.807, 2.05) is 19.2 Å². The Morgan fingerprint density at radius 2 is 2.00 bits per heavy atom. The van der Waals surface area contributed by atoms with Crippen molar-refractivity contribution in [3.05, 3.63) is 29.8 Å². The minimum absolute atomic E-state index is 0.360. The van der Waals surface area contributed by atoms with Gasteiger partial charge in [-0.2, -0.15) is 0 Å². The number of hydrogen-bond acceptors (Lipinski definition) is 2. The molecular weight excluding hydrogens is 186 g/mol. The van der Waals surface area contributed by atoms with Gasteiger partial charge < -0.3 is 10.4 Å². The third kappa shape index (κ3) is 2.72. The monoisotopic (exact) mass is 205 g/mol. The molecule has 1 fully saturated rings. The number of phenols is 1. The second-order valence-electron chi connectivity index (χ2n) is 4.54. The van der Waals surface area contributed by atoms with E-state index in [1.165, 1.54) is 24.8 Å². The summed E-state index contributed by atoms with van der Waals surface area (Å²) in [5, 5.41) is 12.5. The fraction of sp³-hybridized carbons (Fsp3) is 0.538. The maximum absolute atomic E-state index is 9.19. The highest BCUT2D eigenvalue weighted by Gasteiger charge is 2.23. The van der Waals surface area contributed by atoms with Gasteiger partial charge in [-0.1, -0.05) is 12.1 Å². The Morgan fingerprint density at radius 3 is 2.60 bits per heavy atom. The van der Waals surface area contributed by atoms with Crippen molar-refractivity contribution in [2.45, 2.75) is 31.7 Å². The lowest BCUT2D eigenvalue weighted by Gasteiger charge is -2.10. The normalized spacial score (nSPS) is 25.7. The molecule has 0 radical (unpaired) electrons. The van der Waals surface area contributed by atoms with Crippen LogP contribution in [0.5, 0.6) is 5.75 Å². The van der Waals surface area contributed by atoms with E-state index in [4.69, 9.17) is 0 Å². The Morgan fingerprint density at radius 1 is 1.27 bits per heavy atom. The van der Waals surface area contributed by atoms with Crippen LogP contribution in [0, 0.1) is 5.92 Å². The first-order chi connectivity index (χ1) is 7.28. The largest absolute Gasteiger partial charge is 0.508 e. The van der Waals surface area contributed by atoms with Gasteiger partial charge in [0.05, 0.1) is 0 Å². The van der Waals surface area contributed by atoms with Crippen molar-refractivity contribution in [3.8, 4) is 5.75 Å². The van der Waals surface area contributed by atoms with Crippen LogP contribution in [0.25, 0.3) is 0 Å². The molecule has 2 N–H and O–H groups in total. The minimum Gasteiger partial charge on any atom is -0.508 e. The second-order valence-corrected chi connectivity index (χ2v) is 4.54. The van der Waals surface area contributed by atoms with Crippen molar-refractivity contribution in [2.75, 3.05) is 7.05 Å². The van der Waals surface area contributed by atoms with Crippen LogP contribution in [0.2, 0.25) is 0 Å². The van der Waals surface area contributed by atoms with Crippen LogP contribution in [-0.2, 0) is 6.42 Å². The van der Waals surface area contributed by atoms with E-state index < -0.39 is 0 Å². The van der Waals surface area contributed by atoms with Gasteiger partial charge in [-0.25, -0.2) is 0 Å². The SMILES string of the molecule is CNC1CCC(Cc2ccc(O)cc2)C1. The molecule has 1 saturated carbocycles. The van der Waals surface area contributed by atoms with E-state index >= 15 is 0 Å². The number of aromatic hydroxyl groups is 1. The van der Waals surface area contributed by atoms with Crippen molar-refractivity contribution in [1.82, 2.24) is 5.32 Å². The van der Waals surface area contributed by atoms with Gasteiger partial charge in [0.25, 0.3) is 0 Å². The molecule has 0 bridgehead atoms. The van der Waals surface area contributed by atoms with Gasteiger partial charge in [0.2, 0.25) is 0 Å². The third-order valence-electron chi connectivity index (χ3n) is 3.41. The topological polar surface area (TPSA) is 32.3 Å². The van der Waals surface area contributed by atoms with Crippen LogP contribution >= 0.6 is 0 Å². The van der Waals surface area contributed by atoms with Crippen molar-refractivity contribution in [2.24, 2.45) is 5.92 Å². The lowest BCUT2D eigenvalue weighted by molar-refractivity contribution is 0.474. The predicted octanol–water partition coefficient (Wildman–Crippen LogP) is 2.32. The number of benzene rings is 1. The third-order valence-corrected chi connectivity index (χ3v) is 3.41. The lowest BCUT2D eigenvalue weighted by Crippen LogP contribution is -2.21. The van der Waals surface area contributed by atoms with Gasteiger partial charge in [-0.05, 0) is 56.3 Å². The standard InChI is InChI=1S/C13H19NO/c1-14-12-5-2-11(9-12)8-10-3-6-13(15)7-4-10/h3-4,6-7,11-12,14-15H,2,5,8-9H2,1H3.